The molecule has 106 valence electrons. The van der Waals surface area contributed by atoms with E-state index in [0.29, 0.717) is 18.5 Å². The number of hydrogen-bond acceptors (Lipinski definition) is 3. The second-order valence-electron chi connectivity index (χ2n) is 4.01. The molecule has 1 amide bonds. The van der Waals surface area contributed by atoms with Gasteiger partial charge in [-0.05, 0) is 25.5 Å². The number of carbonyl (C=O) groups is 1. The monoisotopic (exact) mass is 272 g/mol. The predicted molar refractivity (Wildman–Crippen MR) is 67.8 cm³/mol. The maximum Gasteiger partial charge on any atom is 0.387 e. The summed E-state index contributed by atoms with van der Waals surface area (Å²) in [7, 11) is 0. The summed E-state index contributed by atoms with van der Waals surface area (Å²) in [5.41, 5.74) is 5.85. The molecule has 0 aliphatic carbocycles. The lowest BCUT2D eigenvalue weighted by Gasteiger charge is -2.11. The molecule has 0 unspecified atom stereocenters. The molecule has 0 atom stereocenters. The normalized spacial score (nSPS) is 10.5. The Hall–Kier alpha value is -1.69. The average molecular weight is 272 g/mol. The van der Waals surface area contributed by atoms with Gasteiger partial charge in [0.25, 0.3) is 0 Å². The van der Waals surface area contributed by atoms with Crippen LogP contribution in [-0.2, 0) is 11.3 Å². The van der Waals surface area contributed by atoms with Crippen LogP contribution in [0.4, 0.5) is 8.78 Å². The van der Waals surface area contributed by atoms with Crippen molar-refractivity contribution in [2.24, 2.45) is 5.73 Å². The molecule has 0 bridgehead atoms. The zero-order valence-corrected chi connectivity index (χ0v) is 10.6. The van der Waals surface area contributed by atoms with E-state index in [2.05, 4.69) is 10.1 Å². The molecule has 1 aromatic rings. The van der Waals surface area contributed by atoms with Crippen LogP contribution in [0.5, 0.6) is 5.75 Å². The molecule has 0 radical (unpaired) electrons. The van der Waals surface area contributed by atoms with Crippen molar-refractivity contribution >= 4 is 5.91 Å². The summed E-state index contributed by atoms with van der Waals surface area (Å²) in [6.07, 6.45) is 1.89. The first-order valence-electron chi connectivity index (χ1n) is 6.13. The molecule has 0 saturated heterocycles. The molecular formula is C13H18F2N2O2. The largest absolute Gasteiger partial charge is 0.434 e. The quantitative estimate of drug-likeness (QED) is 0.712. The van der Waals surface area contributed by atoms with Gasteiger partial charge in [0, 0.05) is 18.5 Å². The fraction of sp³-hybridized carbons (Fsp3) is 0.462. The number of amides is 1. The summed E-state index contributed by atoms with van der Waals surface area (Å²) in [4.78, 5) is 11.5. The maximum absolute atomic E-state index is 12.2. The number of carbonyl (C=O) groups excluding carboxylic acids is 1. The minimum atomic E-state index is -2.87. The molecule has 4 nitrogen and oxygen atoms in total. The van der Waals surface area contributed by atoms with Crippen LogP contribution in [0.3, 0.4) is 0 Å². The number of para-hydroxylation sites is 1. The Morgan fingerprint density at radius 1 is 1.32 bits per heavy atom. The smallest absolute Gasteiger partial charge is 0.387 e. The lowest BCUT2D eigenvalue weighted by Crippen LogP contribution is -2.23. The first kappa shape index (κ1) is 15.4. The van der Waals surface area contributed by atoms with E-state index in [4.69, 9.17) is 5.73 Å². The van der Waals surface area contributed by atoms with Gasteiger partial charge in [-0.25, -0.2) is 0 Å². The number of nitrogens with one attached hydrogen (secondary N) is 1. The van der Waals surface area contributed by atoms with E-state index in [1.165, 1.54) is 6.07 Å². The molecule has 0 saturated carbocycles. The Kier molecular flexibility index (Phi) is 6.81. The molecular weight excluding hydrogens is 254 g/mol. The van der Waals surface area contributed by atoms with E-state index in [-0.39, 0.29) is 18.2 Å². The number of halogens is 2. The summed E-state index contributed by atoms with van der Waals surface area (Å²) >= 11 is 0. The van der Waals surface area contributed by atoms with Crippen molar-refractivity contribution in [3.05, 3.63) is 29.8 Å². The zero-order valence-electron chi connectivity index (χ0n) is 10.6. The lowest BCUT2D eigenvalue weighted by atomic mass is 10.2. The minimum Gasteiger partial charge on any atom is -0.434 e. The Morgan fingerprint density at radius 3 is 2.74 bits per heavy atom. The van der Waals surface area contributed by atoms with Crippen molar-refractivity contribution in [3.63, 3.8) is 0 Å². The van der Waals surface area contributed by atoms with Gasteiger partial charge in [0.2, 0.25) is 5.91 Å². The summed E-state index contributed by atoms with van der Waals surface area (Å²) in [5.74, 6) is -0.0416. The van der Waals surface area contributed by atoms with Gasteiger partial charge in [-0.2, -0.15) is 8.78 Å². The number of ether oxygens (including phenoxy) is 1. The van der Waals surface area contributed by atoms with Crippen molar-refractivity contribution < 1.29 is 18.3 Å². The van der Waals surface area contributed by atoms with Crippen LogP contribution in [0, 0.1) is 0 Å². The van der Waals surface area contributed by atoms with Crippen LogP contribution in [-0.4, -0.2) is 19.1 Å². The Bertz CT molecular complexity index is 400. The van der Waals surface area contributed by atoms with Gasteiger partial charge < -0.3 is 15.8 Å². The molecule has 3 N–H and O–H groups in total. The van der Waals surface area contributed by atoms with Gasteiger partial charge in [-0.1, -0.05) is 18.2 Å². The SMILES string of the molecule is NCCCCC(=O)NCc1ccccc1OC(F)F. The molecule has 0 aromatic heterocycles. The van der Waals surface area contributed by atoms with Gasteiger partial charge in [0.15, 0.2) is 0 Å². The molecule has 19 heavy (non-hydrogen) atoms. The third-order valence-electron chi connectivity index (χ3n) is 2.52. The second kappa shape index (κ2) is 8.42. The molecule has 0 aliphatic heterocycles. The van der Waals surface area contributed by atoms with Crippen molar-refractivity contribution in [2.45, 2.75) is 32.4 Å². The third-order valence-corrected chi connectivity index (χ3v) is 2.52. The maximum atomic E-state index is 12.2. The van der Waals surface area contributed by atoms with E-state index in [9.17, 15) is 13.6 Å². The number of alkyl halides is 2. The van der Waals surface area contributed by atoms with E-state index in [1.54, 1.807) is 18.2 Å². The van der Waals surface area contributed by atoms with Crippen LogP contribution < -0.4 is 15.8 Å². The Morgan fingerprint density at radius 2 is 2.05 bits per heavy atom. The fourth-order valence-electron chi connectivity index (χ4n) is 1.57. The number of unbranched alkanes of at least 4 members (excludes halogenated alkanes) is 1. The summed E-state index contributed by atoms with van der Waals surface area (Å²) < 4.78 is 28.7. The fourth-order valence-corrected chi connectivity index (χ4v) is 1.57. The average Bonchev–Trinajstić information content (AvgIpc) is 2.37. The first-order chi connectivity index (χ1) is 9.13. The van der Waals surface area contributed by atoms with E-state index in [1.807, 2.05) is 0 Å². The highest BCUT2D eigenvalue weighted by molar-refractivity contribution is 5.75. The molecule has 0 fully saturated rings. The van der Waals surface area contributed by atoms with Gasteiger partial charge in [0.05, 0.1) is 0 Å². The number of nitrogens with two attached hydrogens (primary N) is 1. The van der Waals surface area contributed by atoms with Crippen LogP contribution in [0.2, 0.25) is 0 Å². The molecule has 6 heteroatoms. The summed E-state index contributed by atoms with van der Waals surface area (Å²) in [6.45, 7) is -2.15. The molecule has 1 rings (SSSR count). The lowest BCUT2D eigenvalue weighted by molar-refractivity contribution is -0.121. The number of benzene rings is 1. The molecule has 0 heterocycles. The van der Waals surface area contributed by atoms with Crippen molar-refractivity contribution in [2.75, 3.05) is 6.54 Å². The van der Waals surface area contributed by atoms with Crippen molar-refractivity contribution in [1.29, 1.82) is 0 Å². The van der Waals surface area contributed by atoms with Crippen LogP contribution in [0.1, 0.15) is 24.8 Å². The second-order valence-corrected chi connectivity index (χ2v) is 4.01. The Labute approximate surface area is 110 Å². The van der Waals surface area contributed by atoms with Gasteiger partial charge in [-0.3, -0.25) is 4.79 Å². The van der Waals surface area contributed by atoms with Crippen LogP contribution >= 0.6 is 0 Å². The van der Waals surface area contributed by atoms with Crippen LogP contribution in [0.25, 0.3) is 0 Å². The van der Waals surface area contributed by atoms with E-state index >= 15 is 0 Å². The van der Waals surface area contributed by atoms with Crippen LogP contribution in [0.15, 0.2) is 24.3 Å². The summed E-state index contributed by atoms with van der Waals surface area (Å²) in [5, 5.41) is 2.67. The van der Waals surface area contributed by atoms with E-state index < -0.39 is 6.61 Å². The summed E-state index contributed by atoms with van der Waals surface area (Å²) in [6, 6.07) is 6.39. The molecule has 1 aromatic carbocycles. The van der Waals surface area contributed by atoms with E-state index in [0.717, 1.165) is 12.8 Å². The number of rotatable bonds is 8. The minimum absolute atomic E-state index is 0.0831. The van der Waals surface area contributed by atoms with Crippen molar-refractivity contribution in [1.82, 2.24) is 5.32 Å². The van der Waals surface area contributed by atoms with Crippen molar-refractivity contribution in [3.8, 4) is 5.75 Å². The molecule has 0 aliphatic rings. The highest BCUT2D eigenvalue weighted by atomic mass is 19.3. The topological polar surface area (TPSA) is 64.4 Å². The standard InChI is InChI=1S/C13H18F2N2O2/c14-13(15)19-11-6-2-1-5-10(11)9-17-12(18)7-3-4-8-16/h1-2,5-6,13H,3-4,7-9,16H2,(H,17,18). The van der Waals surface area contributed by atoms with Gasteiger partial charge in [-0.15, -0.1) is 0 Å². The first-order valence-corrected chi connectivity index (χ1v) is 6.13. The Balaban J connectivity index is 2.46. The molecule has 0 spiro atoms. The van der Waals surface area contributed by atoms with Gasteiger partial charge >= 0.3 is 6.61 Å². The number of hydrogen-bond donors (Lipinski definition) is 2. The third kappa shape index (κ3) is 6.15. The highest BCUT2D eigenvalue weighted by Crippen LogP contribution is 2.19. The zero-order chi connectivity index (χ0) is 14.1. The predicted octanol–water partition coefficient (Wildman–Crippen LogP) is 2.03. The van der Waals surface area contributed by atoms with Gasteiger partial charge in [0.1, 0.15) is 5.75 Å². The highest BCUT2D eigenvalue weighted by Gasteiger charge is 2.09.